The number of nitrogens with one attached hydrogen (secondary N) is 1. The molecule has 1 saturated heterocycles. The van der Waals surface area contributed by atoms with Crippen molar-refractivity contribution in [3.8, 4) is 0 Å². The van der Waals surface area contributed by atoms with E-state index in [0.717, 1.165) is 25.9 Å². The van der Waals surface area contributed by atoms with Crippen molar-refractivity contribution < 1.29 is 22.8 Å². The molecule has 1 aliphatic rings. The summed E-state index contributed by atoms with van der Waals surface area (Å²) in [6.07, 6.45) is 2.45. The van der Waals surface area contributed by atoms with Gasteiger partial charge < -0.3 is 16.0 Å². The molecule has 11 heteroatoms. The van der Waals surface area contributed by atoms with Crippen molar-refractivity contribution in [1.82, 2.24) is 14.7 Å². The highest BCUT2D eigenvalue weighted by Crippen LogP contribution is 2.25. The fourth-order valence-corrected chi connectivity index (χ4v) is 4.65. The van der Waals surface area contributed by atoms with Crippen molar-refractivity contribution in [2.75, 3.05) is 40.3 Å². The highest BCUT2D eigenvalue weighted by molar-refractivity contribution is 7.89. The number of likely N-dealkylation sites (tertiary alicyclic amines) is 1. The molecule has 1 fully saturated rings. The van der Waals surface area contributed by atoms with Crippen LogP contribution in [0.2, 0.25) is 5.02 Å². The molecule has 0 radical (unpaired) electrons. The molecule has 162 valence electrons. The predicted octanol–water partition coefficient (Wildman–Crippen LogP) is 0.839. The molecule has 2 amide bonds. The van der Waals surface area contributed by atoms with Gasteiger partial charge in [0.2, 0.25) is 5.91 Å². The van der Waals surface area contributed by atoms with E-state index in [1.54, 1.807) is 0 Å². The fourth-order valence-electron chi connectivity index (χ4n) is 3.18. The molecule has 9 nitrogen and oxygen atoms in total. The largest absolute Gasteiger partial charge is 0.369 e. The SMILES string of the molecule is CON(C)S(=O)(=O)c1cc(C(=O)NCCCN2CCCC(C(N)=O)C2)ccc1Cl. The third-order valence-electron chi connectivity index (χ3n) is 4.91. The first-order chi connectivity index (χ1) is 13.7. The van der Waals surface area contributed by atoms with E-state index in [0.29, 0.717) is 24.0 Å². The Morgan fingerprint density at radius 3 is 2.79 bits per heavy atom. The number of benzene rings is 1. The smallest absolute Gasteiger partial charge is 0.266 e. The van der Waals surface area contributed by atoms with Gasteiger partial charge in [-0.3, -0.25) is 14.4 Å². The lowest BCUT2D eigenvalue weighted by atomic mass is 9.97. The molecule has 1 unspecified atom stereocenters. The van der Waals surface area contributed by atoms with Gasteiger partial charge in [0.05, 0.1) is 18.1 Å². The maximum atomic E-state index is 12.4. The van der Waals surface area contributed by atoms with Crippen LogP contribution in [0.1, 0.15) is 29.6 Å². The monoisotopic (exact) mass is 446 g/mol. The number of piperidine rings is 1. The van der Waals surface area contributed by atoms with E-state index in [1.807, 2.05) is 0 Å². The molecule has 1 aromatic carbocycles. The van der Waals surface area contributed by atoms with Gasteiger partial charge in [-0.2, -0.15) is 0 Å². The molecule has 0 aliphatic carbocycles. The number of rotatable bonds is 9. The lowest BCUT2D eigenvalue weighted by Gasteiger charge is -2.31. The van der Waals surface area contributed by atoms with E-state index >= 15 is 0 Å². The van der Waals surface area contributed by atoms with Crippen LogP contribution in [0.4, 0.5) is 0 Å². The standard InChI is InChI=1S/C18H27ClN4O5S/c1-22(28-2)29(26,27)16-11-13(6-7-15(16)19)18(25)21-8-4-10-23-9-3-5-14(12-23)17(20)24/h6-7,11,14H,3-5,8-10,12H2,1-2H3,(H2,20,24)(H,21,25). The fraction of sp³-hybridized carbons (Fsp3) is 0.556. The third kappa shape index (κ3) is 6.13. The van der Waals surface area contributed by atoms with Gasteiger partial charge in [0, 0.05) is 25.7 Å². The molecule has 1 aliphatic heterocycles. The van der Waals surface area contributed by atoms with Gasteiger partial charge in [-0.15, -0.1) is 0 Å². The van der Waals surface area contributed by atoms with Crippen molar-refractivity contribution in [3.63, 3.8) is 0 Å². The number of amides is 2. The Morgan fingerprint density at radius 2 is 2.14 bits per heavy atom. The van der Waals surface area contributed by atoms with E-state index in [4.69, 9.17) is 22.2 Å². The molecule has 3 N–H and O–H groups in total. The number of halogens is 1. The minimum absolute atomic E-state index is 0.000413. The molecular formula is C18H27ClN4O5S. The summed E-state index contributed by atoms with van der Waals surface area (Å²) in [7, 11) is -1.52. The van der Waals surface area contributed by atoms with Crippen LogP contribution in [-0.2, 0) is 19.7 Å². The number of hydrogen-bond acceptors (Lipinski definition) is 6. The topological polar surface area (TPSA) is 122 Å². The maximum Gasteiger partial charge on any atom is 0.266 e. The van der Waals surface area contributed by atoms with E-state index < -0.39 is 15.9 Å². The van der Waals surface area contributed by atoms with Crippen molar-refractivity contribution in [2.45, 2.75) is 24.2 Å². The van der Waals surface area contributed by atoms with Crippen LogP contribution in [-0.4, -0.2) is 69.9 Å². The lowest BCUT2D eigenvalue weighted by Crippen LogP contribution is -2.42. The van der Waals surface area contributed by atoms with Gasteiger partial charge in [0.1, 0.15) is 4.90 Å². The van der Waals surface area contributed by atoms with E-state index in [2.05, 4.69) is 10.2 Å². The normalized spacial score (nSPS) is 18.0. The van der Waals surface area contributed by atoms with Crippen LogP contribution in [0, 0.1) is 5.92 Å². The van der Waals surface area contributed by atoms with Gasteiger partial charge in [-0.25, -0.2) is 8.42 Å². The molecule has 0 aromatic heterocycles. The van der Waals surface area contributed by atoms with Gasteiger partial charge in [-0.05, 0) is 50.6 Å². The summed E-state index contributed by atoms with van der Waals surface area (Å²) >= 11 is 6.00. The molecule has 0 bridgehead atoms. The third-order valence-corrected chi connectivity index (χ3v) is 7.07. The van der Waals surface area contributed by atoms with Crippen LogP contribution >= 0.6 is 11.6 Å². The zero-order valence-corrected chi connectivity index (χ0v) is 18.1. The van der Waals surface area contributed by atoms with E-state index in [-0.39, 0.29) is 27.3 Å². The van der Waals surface area contributed by atoms with Crippen LogP contribution in [0.25, 0.3) is 0 Å². The van der Waals surface area contributed by atoms with E-state index in [9.17, 15) is 18.0 Å². The summed E-state index contributed by atoms with van der Waals surface area (Å²) in [5.74, 6) is -0.777. The van der Waals surface area contributed by atoms with Crippen LogP contribution < -0.4 is 11.1 Å². The molecule has 29 heavy (non-hydrogen) atoms. The first kappa shape index (κ1) is 23.6. The summed E-state index contributed by atoms with van der Waals surface area (Å²) in [5, 5.41) is 2.77. The average Bonchev–Trinajstić information content (AvgIpc) is 2.70. The Balaban J connectivity index is 1.91. The number of nitrogens with two attached hydrogens (primary N) is 1. The van der Waals surface area contributed by atoms with Crippen molar-refractivity contribution in [2.24, 2.45) is 11.7 Å². The number of nitrogens with zero attached hydrogens (tertiary/aromatic N) is 2. The second kappa shape index (κ2) is 10.4. The van der Waals surface area contributed by atoms with Crippen molar-refractivity contribution in [1.29, 1.82) is 0 Å². The zero-order chi connectivity index (χ0) is 21.6. The Hall–Kier alpha value is -1.72. The second-order valence-corrected chi connectivity index (χ2v) is 9.21. The summed E-state index contributed by atoms with van der Waals surface area (Å²) in [5.41, 5.74) is 5.57. The quantitative estimate of drug-likeness (QED) is 0.428. The number of carbonyl (C=O) groups excluding carboxylic acids is 2. The minimum atomic E-state index is -3.97. The van der Waals surface area contributed by atoms with Crippen molar-refractivity contribution >= 4 is 33.4 Å². The first-order valence-electron chi connectivity index (χ1n) is 9.29. The molecule has 0 spiro atoms. The minimum Gasteiger partial charge on any atom is -0.369 e. The van der Waals surface area contributed by atoms with Crippen molar-refractivity contribution in [3.05, 3.63) is 28.8 Å². The molecule has 2 rings (SSSR count). The van der Waals surface area contributed by atoms with Crippen LogP contribution in [0.3, 0.4) is 0 Å². The van der Waals surface area contributed by atoms with Gasteiger partial charge >= 0.3 is 0 Å². The summed E-state index contributed by atoms with van der Waals surface area (Å²) < 4.78 is 25.5. The Bertz CT molecular complexity index is 849. The van der Waals surface area contributed by atoms with Gasteiger partial charge in [0.25, 0.3) is 15.9 Å². The first-order valence-corrected chi connectivity index (χ1v) is 11.1. The predicted molar refractivity (Wildman–Crippen MR) is 109 cm³/mol. The lowest BCUT2D eigenvalue weighted by molar-refractivity contribution is -0.123. The number of sulfonamides is 1. The molecule has 1 aromatic rings. The number of hydroxylamine groups is 1. The number of hydrogen-bond donors (Lipinski definition) is 2. The van der Waals surface area contributed by atoms with Gasteiger partial charge in [-0.1, -0.05) is 16.1 Å². The Morgan fingerprint density at radius 1 is 1.41 bits per heavy atom. The highest BCUT2D eigenvalue weighted by Gasteiger charge is 2.25. The average molecular weight is 447 g/mol. The van der Waals surface area contributed by atoms with Crippen LogP contribution in [0.15, 0.2) is 23.1 Å². The molecule has 0 saturated carbocycles. The second-order valence-electron chi connectivity index (χ2n) is 6.89. The number of carbonyl (C=O) groups is 2. The zero-order valence-electron chi connectivity index (χ0n) is 16.6. The highest BCUT2D eigenvalue weighted by atomic mass is 35.5. The summed E-state index contributed by atoms with van der Waals surface area (Å²) in [6.45, 7) is 2.71. The molecule has 1 heterocycles. The Labute approximate surface area is 176 Å². The summed E-state index contributed by atoms with van der Waals surface area (Å²) in [6, 6.07) is 4.06. The Kier molecular flexibility index (Phi) is 8.41. The maximum absolute atomic E-state index is 12.4. The van der Waals surface area contributed by atoms with Crippen LogP contribution in [0.5, 0.6) is 0 Å². The van der Waals surface area contributed by atoms with Gasteiger partial charge in [0.15, 0.2) is 0 Å². The van der Waals surface area contributed by atoms with E-state index in [1.165, 1.54) is 32.4 Å². The molecular weight excluding hydrogens is 420 g/mol. The summed E-state index contributed by atoms with van der Waals surface area (Å²) in [4.78, 5) is 30.4. The molecule has 1 atom stereocenters. The number of primary amides is 1.